The van der Waals surface area contributed by atoms with Gasteiger partial charge in [0.25, 0.3) is 0 Å². The summed E-state index contributed by atoms with van der Waals surface area (Å²) in [5.74, 6) is -0.271. The van der Waals surface area contributed by atoms with Crippen LogP contribution in [0.4, 0.5) is 4.39 Å². The van der Waals surface area contributed by atoms with Crippen LogP contribution < -0.4 is 5.56 Å². The minimum Gasteiger partial charge on any atom is -0.342 e. The smallest absolute Gasteiger partial charge is 0.207 e. The molecular formula is C14H12FINOY-. The van der Waals surface area contributed by atoms with Crippen molar-refractivity contribution in [3.63, 3.8) is 0 Å². The number of aryl methyl sites for hydroxylation is 1. The predicted octanol–water partition coefficient (Wildman–Crippen LogP) is 3.39. The van der Waals surface area contributed by atoms with Crippen LogP contribution in [-0.4, -0.2) is 4.57 Å². The second-order valence-electron chi connectivity index (χ2n) is 3.99. The Balaban J connectivity index is 0.00000180. The van der Waals surface area contributed by atoms with Crippen molar-refractivity contribution < 1.29 is 37.1 Å². The molecule has 0 saturated carbocycles. The number of nitrogens with zero attached hydrogens (tertiary/aromatic N) is 1. The molecule has 0 aliphatic rings. The quantitative estimate of drug-likeness (QED) is 0.514. The second-order valence-corrected chi connectivity index (χ2v) is 5.16. The first-order valence-electron chi connectivity index (χ1n) is 5.62. The van der Waals surface area contributed by atoms with Crippen molar-refractivity contribution in [2.24, 2.45) is 0 Å². The van der Waals surface area contributed by atoms with Crippen molar-refractivity contribution in [2.45, 2.75) is 20.4 Å². The predicted molar refractivity (Wildman–Crippen MR) is 78.1 cm³/mol. The van der Waals surface area contributed by atoms with Gasteiger partial charge in [-0.1, -0.05) is 23.7 Å². The third-order valence-corrected chi connectivity index (χ3v) is 3.59. The van der Waals surface area contributed by atoms with Crippen LogP contribution in [-0.2, 0) is 39.3 Å². The zero-order chi connectivity index (χ0) is 13.3. The average Bonchev–Trinajstić information content (AvgIpc) is 2.33. The molecule has 0 saturated heterocycles. The van der Waals surface area contributed by atoms with E-state index in [0.29, 0.717) is 15.8 Å². The van der Waals surface area contributed by atoms with Crippen LogP contribution in [0.1, 0.15) is 12.5 Å². The van der Waals surface area contributed by atoms with Crippen molar-refractivity contribution >= 4 is 22.6 Å². The summed E-state index contributed by atoms with van der Waals surface area (Å²) in [5.41, 5.74) is 2.32. The molecule has 97 valence electrons. The first-order valence-corrected chi connectivity index (χ1v) is 6.70. The van der Waals surface area contributed by atoms with Gasteiger partial charge in [0.15, 0.2) is 0 Å². The summed E-state index contributed by atoms with van der Waals surface area (Å²) in [4.78, 5) is 12.0. The summed E-state index contributed by atoms with van der Waals surface area (Å²) in [6.45, 7) is 4.31. The topological polar surface area (TPSA) is 22.0 Å². The molecule has 0 fully saturated rings. The average molecular weight is 445 g/mol. The van der Waals surface area contributed by atoms with E-state index < -0.39 is 0 Å². The molecule has 1 heterocycles. The fourth-order valence-corrected chi connectivity index (χ4v) is 2.37. The molecule has 2 rings (SSSR count). The molecule has 1 radical (unpaired) electrons. The van der Waals surface area contributed by atoms with Gasteiger partial charge in [-0.25, -0.2) is 4.39 Å². The van der Waals surface area contributed by atoms with Crippen LogP contribution in [0.3, 0.4) is 0 Å². The summed E-state index contributed by atoms with van der Waals surface area (Å²) in [5, 5.41) is 0. The van der Waals surface area contributed by atoms with E-state index in [-0.39, 0.29) is 44.1 Å². The Morgan fingerprint density at radius 3 is 2.68 bits per heavy atom. The maximum absolute atomic E-state index is 13.1. The molecule has 0 N–H and O–H groups in total. The normalized spacial score (nSPS) is 10.1. The van der Waals surface area contributed by atoms with Gasteiger partial charge in [0.1, 0.15) is 5.82 Å². The molecule has 5 heteroatoms. The fourth-order valence-electron chi connectivity index (χ4n) is 1.92. The van der Waals surface area contributed by atoms with E-state index in [1.165, 1.54) is 12.1 Å². The van der Waals surface area contributed by atoms with Crippen molar-refractivity contribution in [1.29, 1.82) is 0 Å². The Hall–Kier alpha value is -0.0661. The molecular weight excluding hydrogens is 433 g/mol. The van der Waals surface area contributed by atoms with E-state index in [2.05, 4.69) is 6.07 Å². The Labute approximate surface area is 150 Å². The first-order chi connectivity index (χ1) is 8.54. The minimum absolute atomic E-state index is 0. The van der Waals surface area contributed by atoms with Gasteiger partial charge in [-0.15, -0.1) is 28.7 Å². The van der Waals surface area contributed by atoms with Crippen molar-refractivity contribution in [2.75, 3.05) is 0 Å². The van der Waals surface area contributed by atoms with Crippen molar-refractivity contribution in [3.8, 4) is 11.3 Å². The molecule has 2 nitrogen and oxygen atoms in total. The molecule has 0 amide bonds. The minimum atomic E-state index is -0.271. The molecule has 19 heavy (non-hydrogen) atoms. The van der Waals surface area contributed by atoms with E-state index in [1.54, 1.807) is 16.7 Å². The number of hydrogen-bond acceptors (Lipinski definition) is 1. The van der Waals surface area contributed by atoms with E-state index in [1.807, 2.05) is 36.4 Å². The summed E-state index contributed by atoms with van der Waals surface area (Å²) >= 11 is 2.00. The number of pyridine rings is 1. The number of benzene rings is 1. The molecule has 0 spiro atoms. The molecule has 0 aliphatic carbocycles. The molecule has 0 aliphatic heterocycles. The maximum Gasteiger partial charge on any atom is 0.207 e. The number of halogens is 2. The van der Waals surface area contributed by atoms with Gasteiger partial charge in [0, 0.05) is 39.3 Å². The van der Waals surface area contributed by atoms with Crippen LogP contribution in [0.15, 0.2) is 29.1 Å². The summed E-state index contributed by atoms with van der Waals surface area (Å²) in [6, 6.07) is 9.34. The SMILES string of the molecule is CCn1c(-c2ccc(F)cc2C)[c-]cc(I)c1=O.[Y]. The number of rotatable bonds is 2. The Bertz CT molecular complexity index is 654. The van der Waals surface area contributed by atoms with Crippen LogP contribution in [0.5, 0.6) is 0 Å². The van der Waals surface area contributed by atoms with Crippen LogP contribution in [0, 0.1) is 22.4 Å². The largest absolute Gasteiger partial charge is 0.342 e. The zero-order valence-corrected chi connectivity index (χ0v) is 15.7. The van der Waals surface area contributed by atoms with Crippen LogP contribution >= 0.6 is 22.6 Å². The second kappa shape index (κ2) is 7.09. The Kier molecular flexibility index (Phi) is 6.34. The maximum atomic E-state index is 13.1. The molecule has 2 aromatic rings. The van der Waals surface area contributed by atoms with Gasteiger partial charge < -0.3 is 4.57 Å². The Morgan fingerprint density at radius 2 is 2.11 bits per heavy atom. The molecule has 0 atom stereocenters. The Morgan fingerprint density at radius 1 is 1.42 bits per heavy atom. The number of aromatic nitrogens is 1. The van der Waals surface area contributed by atoms with Crippen molar-refractivity contribution in [1.82, 2.24) is 4.57 Å². The van der Waals surface area contributed by atoms with Crippen molar-refractivity contribution in [3.05, 3.63) is 55.6 Å². The molecule has 1 aromatic carbocycles. The first kappa shape index (κ1) is 17.0. The monoisotopic (exact) mass is 445 g/mol. The van der Waals surface area contributed by atoms with E-state index in [9.17, 15) is 9.18 Å². The zero-order valence-electron chi connectivity index (χ0n) is 10.7. The van der Waals surface area contributed by atoms with E-state index >= 15 is 0 Å². The van der Waals surface area contributed by atoms with Gasteiger partial charge in [-0.2, -0.15) is 12.1 Å². The summed E-state index contributed by atoms with van der Waals surface area (Å²) in [7, 11) is 0. The third-order valence-electron chi connectivity index (χ3n) is 2.81. The summed E-state index contributed by atoms with van der Waals surface area (Å²) in [6.07, 6.45) is 0. The van der Waals surface area contributed by atoms with Gasteiger partial charge in [0.05, 0.1) is 0 Å². The van der Waals surface area contributed by atoms with E-state index in [0.717, 1.165) is 11.1 Å². The van der Waals surface area contributed by atoms with Gasteiger partial charge >= 0.3 is 0 Å². The fraction of sp³-hybridized carbons (Fsp3) is 0.214. The summed E-state index contributed by atoms with van der Waals surface area (Å²) < 4.78 is 15.4. The molecule has 0 bridgehead atoms. The van der Waals surface area contributed by atoms with Gasteiger partial charge in [-0.3, -0.25) is 4.79 Å². The standard InChI is InChI=1S/C14H12FINO.Y/c1-3-17-13(7-6-12(16)14(17)18)11-5-4-10(15)8-9(11)2;/h4-6,8H,3H2,1-2H3;/q-1;. The van der Waals surface area contributed by atoms with Gasteiger partial charge in [0.2, 0.25) is 5.56 Å². The number of hydrogen-bond donors (Lipinski definition) is 0. The molecule has 1 aromatic heterocycles. The van der Waals surface area contributed by atoms with E-state index in [4.69, 9.17) is 0 Å². The van der Waals surface area contributed by atoms with Crippen LogP contribution in [0.25, 0.3) is 11.3 Å². The van der Waals surface area contributed by atoms with Gasteiger partial charge in [-0.05, 0) is 22.6 Å². The molecule has 0 unspecified atom stereocenters. The third kappa shape index (κ3) is 3.53. The van der Waals surface area contributed by atoms with Crippen LogP contribution in [0.2, 0.25) is 0 Å².